The van der Waals surface area contributed by atoms with E-state index in [1.54, 1.807) is 12.1 Å². The van der Waals surface area contributed by atoms with E-state index < -0.39 is 23.3 Å². The van der Waals surface area contributed by atoms with Crippen LogP contribution in [0, 0.1) is 17.8 Å². The fourth-order valence-electron chi connectivity index (χ4n) is 4.35. The summed E-state index contributed by atoms with van der Waals surface area (Å²) in [5.74, 6) is -2.56. The highest BCUT2D eigenvalue weighted by atomic mass is 35.5. The van der Waals surface area contributed by atoms with Crippen molar-refractivity contribution in [3.05, 3.63) is 34.9 Å². The smallest absolute Gasteiger partial charge is 0.368 e. The van der Waals surface area contributed by atoms with E-state index in [-0.39, 0.29) is 23.8 Å². The van der Waals surface area contributed by atoms with E-state index in [2.05, 4.69) is 0 Å². The molecule has 0 aliphatic carbocycles. The number of fused-ring (bicyclic) bond motifs is 1. The zero-order valence-electron chi connectivity index (χ0n) is 14.7. The fourth-order valence-corrected chi connectivity index (χ4v) is 4.48. The Morgan fingerprint density at radius 2 is 1.84 bits per heavy atom. The summed E-state index contributed by atoms with van der Waals surface area (Å²) in [6, 6.07) is 6.83. The van der Waals surface area contributed by atoms with Gasteiger partial charge in [-0.1, -0.05) is 37.6 Å². The first kappa shape index (κ1) is 17.9. The first-order valence-electron chi connectivity index (χ1n) is 8.27. The van der Waals surface area contributed by atoms with Crippen molar-refractivity contribution in [1.82, 2.24) is 4.90 Å². The van der Waals surface area contributed by atoms with Crippen molar-refractivity contribution in [1.29, 1.82) is 0 Å². The van der Waals surface area contributed by atoms with Crippen LogP contribution in [-0.4, -0.2) is 42.4 Å². The van der Waals surface area contributed by atoms with Crippen molar-refractivity contribution in [3.8, 4) is 0 Å². The molecule has 1 aromatic rings. The number of methoxy groups -OCH3 is 1. The third-order valence-electron chi connectivity index (χ3n) is 5.68. The van der Waals surface area contributed by atoms with Gasteiger partial charge in [0.05, 0.1) is 7.11 Å². The van der Waals surface area contributed by atoms with Crippen molar-refractivity contribution >= 4 is 29.4 Å². The summed E-state index contributed by atoms with van der Waals surface area (Å²) in [5, 5.41) is 2.44. The molecule has 2 aliphatic heterocycles. The molecule has 2 heterocycles. The van der Waals surface area contributed by atoms with Crippen LogP contribution in [0.1, 0.15) is 25.5 Å². The standard InChI is InChI=1S/C18H21ClN2O4/c1-9(2)18(17(24)25-4)13-12(15(22)21(3)16(13)23)14(20-18)10-5-7-11(19)8-6-10/h5-9,12-14,20H,1-4H3/p+1/t12-,13-,14-,18-/m0/s1. The molecule has 0 bridgehead atoms. The maximum absolute atomic E-state index is 12.8. The number of esters is 1. The first-order valence-corrected chi connectivity index (χ1v) is 8.64. The lowest BCUT2D eigenvalue weighted by Crippen LogP contribution is -2.99. The van der Waals surface area contributed by atoms with Gasteiger partial charge < -0.3 is 10.1 Å². The number of imide groups is 1. The summed E-state index contributed by atoms with van der Waals surface area (Å²) in [6.45, 7) is 3.76. The van der Waals surface area contributed by atoms with E-state index in [0.717, 1.165) is 10.5 Å². The Bertz CT molecular complexity index is 733. The van der Waals surface area contributed by atoms with Crippen molar-refractivity contribution in [2.24, 2.45) is 17.8 Å². The van der Waals surface area contributed by atoms with Crippen molar-refractivity contribution < 1.29 is 24.4 Å². The van der Waals surface area contributed by atoms with E-state index >= 15 is 0 Å². The second kappa shape index (κ2) is 6.11. The SMILES string of the molecule is COC(=O)[C@@]1(C(C)C)[NH2+][C@@H](c2ccc(Cl)cc2)[C@H]2C(=O)N(C)C(=O)[C@H]21. The number of carbonyl (C=O) groups excluding carboxylic acids is 3. The molecule has 7 heteroatoms. The van der Waals surface area contributed by atoms with E-state index in [1.165, 1.54) is 14.2 Å². The van der Waals surface area contributed by atoms with E-state index in [9.17, 15) is 14.4 Å². The maximum Gasteiger partial charge on any atom is 0.368 e. The van der Waals surface area contributed by atoms with E-state index in [1.807, 2.05) is 31.3 Å². The Morgan fingerprint density at radius 1 is 1.24 bits per heavy atom. The predicted molar refractivity (Wildman–Crippen MR) is 90.5 cm³/mol. The molecule has 4 atom stereocenters. The molecular weight excluding hydrogens is 344 g/mol. The van der Waals surface area contributed by atoms with Gasteiger partial charge in [0.15, 0.2) is 0 Å². The average Bonchev–Trinajstić information content (AvgIpc) is 3.06. The highest BCUT2D eigenvalue weighted by molar-refractivity contribution is 6.30. The third kappa shape index (κ3) is 2.39. The Kier molecular flexibility index (Phi) is 4.37. The predicted octanol–water partition coefficient (Wildman–Crippen LogP) is 0.757. The normalized spacial score (nSPS) is 31.6. The molecule has 0 aromatic heterocycles. The quantitative estimate of drug-likeness (QED) is 0.633. The molecule has 25 heavy (non-hydrogen) atoms. The first-order chi connectivity index (χ1) is 11.8. The second-order valence-corrected chi connectivity index (χ2v) is 7.50. The Hall–Kier alpha value is -1.92. The lowest BCUT2D eigenvalue weighted by molar-refractivity contribution is -0.740. The van der Waals surface area contributed by atoms with Crippen molar-refractivity contribution in [2.45, 2.75) is 25.4 Å². The van der Waals surface area contributed by atoms with Gasteiger partial charge in [-0.25, -0.2) is 4.79 Å². The molecule has 134 valence electrons. The number of likely N-dealkylation sites (tertiary alicyclic amines) is 1. The number of amides is 2. The van der Waals surface area contributed by atoms with Gasteiger partial charge in [0.2, 0.25) is 17.4 Å². The molecule has 0 unspecified atom stereocenters. The number of ether oxygens (including phenoxy) is 1. The average molecular weight is 366 g/mol. The molecule has 0 saturated carbocycles. The summed E-state index contributed by atoms with van der Waals surface area (Å²) in [4.78, 5) is 39.5. The number of nitrogens with zero attached hydrogens (tertiary/aromatic N) is 1. The van der Waals surface area contributed by atoms with Gasteiger partial charge in [-0.05, 0) is 12.1 Å². The molecule has 6 nitrogen and oxygen atoms in total. The van der Waals surface area contributed by atoms with Gasteiger partial charge in [-0.15, -0.1) is 0 Å². The molecule has 2 amide bonds. The Labute approximate surface area is 151 Å². The van der Waals surface area contributed by atoms with E-state index in [0.29, 0.717) is 5.02 Å². The number of nitrogens with two attached hydrogens (primary N) is 1. The third-order valence-corrected chi connectivity index (χ3v) is 5.93. The van der Waals surface area contributed by atoms with Crippen LogP contribution in [0.3, 0.4) is 0 Å². The van der Waals surface area contributed by atoms with Gasteiger partial charge in [0.1, 0.15) is 17.9 Å². The van der Waals surface area contributed by atoms with Crippen molar-refractivity contribution in [3.63, 3.8) is 0 Å². The molecular formula is C18H22ClN2O4+. The maximum atomic E-state index is 12.8. The molecule has 0 radical (unpaired) electrons. The molecule has 0 spiro atoms. The lowest BCUT2D eigenvalue weighted by Gasteiger charge is -2.32. The largest absolute Gasteiger partial charge is 0.464 e. The number of benzene rings is 1. The number of hydrogen-bond donors (Lipinski definition) is 1. The number of rotatable bonds is 3. The summed E-state index contributed by atoms with van der Waals surface area (Å²) < 4.78 is 5.06. The molecule has 2 N–H and O–H groups in total. The number of quaternary nitrogens is 1. The van der Waals surface area contributed by atoms with Crippen LogP contribution < -0.4 is 5.32 Å². The van der Waals surface area contributed by atoms with Crippen molar-refractivity contribution in [2.75, 3.05) is 14.2 Å². The zero-order chi connectivity index (χ0) is 18.5. The summed E-state index contributed by atoms with van der Waals surface area (Å²) in [5.41, 5.74) is -0.261. The zero-order valence-corrected chi connectivity index (χ0v) is 15.4. The highest BCUT2D eigenvalue weighted by Crippen LogP contribution is 2.46. The van der Waals surface area contributed by atoms with Crippen LogP contribution in [0.15, 0.2) is 24.3 Å². The van der Waals surface area contributed by atoms with Crippen LogP contribution >= 0.6 is 11.6 Å². The van der Waals surface area contributed by atoms with Gasteiger partial charge >= 0.3 is 5.97 Å². The van der Waals surface area contributed by atoms with Crippen LogP contribution in [0.5, 0.6) is 0 Å². The topological polar surface area (TPSA) is 80.3 Å². The van der Waals surface area contributed by atoms with Gasteiger partial charge in [0.25, 0.3) is 0 Å². The Balaban J connectivity index is 2.17. The van der Waals surface area contributed by atoms with Gasteiger partial charge in [-0.3, -0.25) is 14.5 Å². The summed E-state index contributed by atoms with van der Waals surface area (Å²) in [6.07, 6.45) is 0. The molecule has 2 saturated heterocycles. The van der Waals surface area contributed by atoms with Gasteiger partial charge in [0, 0.05) is 23.6 Å². The minimum absolute atomic E-state index is 0.187. The summed E-state index contributed by atoms with van der Waals surface area (Å²) in [7, 11) is 2.79. The van der Waals surface area contributed by atoms with Gasteiger partial charge in [-0.2, -0.15) is 0 Å². The molecule has 3 rings (SSSR count). The van der Waals surface area contributed by atoms with Crippen LogP contribution in [0.4, 0.5) is 0 Å². The number of halogens is 1. The minimum atomic E-state index is -1.12. The summed E-state index contributed by atoms with van der Waals surface area (Å²) >= 11 is 5.97. The van der Waals surface area contributed by atoms with E-state index in [4.69, 9.17) is 16.3 Å². The number of hydrogen-bond acceptors (Lipinski definition) is 4. The highest BCUT2D eigenvalue weighted by Gasteiger charge is 2.73. The Morgan fingerprint density at radius 3 is 2.36 bits per heavy atom. The lowest BCUT2D eigenvalue weighted by atomic mass is 9.73. The number of carbonyl (C=O) groups is 3. The molecule has 1 aromatic carbocycles. The monoisotopic (exact) mass is 365 g/mol. The second-order valence-electron chi connectivity index (χ2n) is 7.06. The van der Waals surface area contributed by atoms with Crippen LogP contribution in [0.25, 0.3) is 0 Å². The molecule has 2 aliphatic rings. The van der Waals surface area contributed by atoms with Crippen LogP contribution in [-0.2, 0) is 19.1 Å². The fraction of sp³-hybridized carbons (Fsp3) is 0.500. The van der Waals surface area contributed by atoms with Crippen LogP contribution in [0.2, 0.25) is 5.02 Å². The minimum Gasteiger partial charge on any atom is -0.464 e. The molecule has 2 fully saturated rings.